The zero-order valence-electron chi connectivity index (χ0n) is 16.6. The standard InChI is InChI=1S/C21H25N3O3S2/c1-3-11-27-16-9-7-15(8-10-16)22-19(25)13-18-20(26)23(4-2)21(28)24(18)14-17-6-5-12-29-17/h5-10,12,18H,3-4,11,13-14H2,1-2H3,(H,22,25)/t18-/m1/s1. The largest absolute Gasteiger partial charge is 0.494 e. The number of thiocarbonyl (C=S) groups is 1. The summed E-state index contributed by atoms with van der Waals surface area (Å²) in [6.45, 7) is 5.61. The van der Waals surface area contributed by atoms with Crippen molar-refractivity contribution >= 4 is 46.2 Å². The Bertz CT molecular complexity index is 853. The topological polar surface area (TPSA) is 61.9 Å². The number of benzene rings is 1. The van der Waals surface area contributed by atoms with Crippen LogP contribution in [-0.4, -0.2) is 45.9 Å². The second-order valence-corrected chi connectivity index (χ2v) is 8.11. The van der Waals surface area contributed by atoms with E-state index in [9.17, 15) is 9.59 Å². The summed E-state index contributed by atoms with van der Waals surface area (Å²) in [5, 5.41) is 5.34. The van der Waals surface area contributed by atoms with Crippen LogP contribution in [0.25, 0.3) is 0 Å². The smallest absolute Gasteiger partial charge is 0.252 e. The van der Waals surface area contributed by atoms with Crippen molar-refractivity contribution in [3.8, 4) is 5.75 Å². The summed E-state index contributed by atoms with van der Waals surface area (Å²) in [4.78, 5) is 30.0. The molecule has 6 nitrogen and oxygen atoms in total. The van der Waals surface area contributed by atoms with Gasteiger partial charge in [-0.25, -0.2) is 0 Å². The van der Waals surface area contributed by atoms with Gasteiger partial charge in [-0.1, -0.05) is 13.0 Å². The van der Waals surface area contributed by atoms with E-state index in [2.05, 4.69) is 5.32 Å². The fourth-order valence-electron chi connectivity index (χ4n) is 3.17. The molecule has 0 saturated carbocycles. The Hall–Kier alpha value is -2.45. The molecular formula is C21H25N3O3S2. The molecule has 3 rings (SSSR count). The Kier molecular flexibility index (Phi) is 7.22. The molecule has 1 fully saturated rings. The van der Waals surface area contributed by atoms with Gasteiger partial charge in [-0.15, -0.1) is 11.3 Å². The molecule has 154 valence electrons. The maximum atomic E-state index is 12.8. The van der Waals surface area contributed by atoms with E-state index >= 15 is 0 Å². The van der Waals surface area contributed by atoms with Crippen LogP contribution < -0.4 is 10.1 Å². The fraction of sp³-hybridized carbons (Fsp3) is 0.381. The van der Waals surface area contributed by atoms with Gasteiger partial charge in [0.15, 0.2) is 5.11 Å². The third kappa shape index (κ3) is 5.13. The molecule has 1 saturated heterocycles. The molecular weight excluding hydrogens is 406 g/mol. The molecule has 0 unspecified atom stereocenters. The van der Waals surface area contributed by atoms with Gasteiger partial charge in [-0.3, -0.25) is 14.5 Å². The number of nitrogens with one attached hydrogen (secondary N) is 1. The molecule has 1 aliphatic heterocycles. The first-order valence-electron chi connectivity index (χ1n) is 9.70. The molecule has 8 heteroatoms. The van der Waals surface area contributed by atoms with E-state index in [1.807, 2.05) is 48.4 Å². The summed E-state index contributed by atoms with van der Waals surface area (Å²) < 4.78 is 5.55. The van der Waals surface area contributed by atoms with Crippen LogP contribution in [0.3, 0.4) is 0 Å². The van der Waals surface area contributed by atoms with E-state index < -0.39 is 6.04 Å². The van der Waals surface area contributed by atoms with Gasteiger partial charge in [0.25, 0.3) is 5.91 Å². The maximum Gasteiger partial charge on any atom is 0.252 e. The van der Waals surface area contributed by atoms with Gasteiger partial charge in [0.1, 0.15) is 11.8 Å². The quantitative estimate of drug-likeness (QED) is 0.611. The highest BCUT2D eigenvalue weighted by Gasteiger charge is 2.42. The number of thiophene rings is 1. The molecule has 1 aromatic heterocycles. The Balaban J connectivity index is 1.66. The molecule has 0 radical (unpaired) electrons. The van der Waals surface area contributed by atoms with E-state index in [4.69, 9.17) is 17.0 Å². The number of carbonyl (C=O) groups is 2. The first-order valence-corrected chi connectivity index (χ1v) is 11.0. The first kappa shape index (κ1) is 21.3. The second kappa shape index (κ2) is 9.84. The average Bonchev–Trinajstić information content (AvgIpc) is 3.30. The third-order valence-corrected chi connectivity index (χ3v) is 5.93. The van der Waals surface area contributed by atoms with Crippen molar-refractivity contribution < 1.29 is 14.3 Å². The Morgan fingerprint density at radius 2 is 2.00 bits per heavy atom. The number of amides is 2. The SMILES string of the molecule is CCCOc1ccc(NC(=O)C[C@@H]2C(=O)N(CC)C(=S)N2Cc2cccs2)cc1. The molecule has 0 bridgehead atoms. The van der Waals surface area contributed by atoms with Crippen molar-refractivity contribution in [1.82, 2.24) is 9.80 Å². The molecule has 1 aromatic carbocycles. The lowest BCUT2D eigenvalue weighted by atomic mass is 10.1. The Morgan fingerprint density at radius 3 is 2.62 bits per heavy atom. The first-order chi connectivity index (χ1) is 14.0. The van der Waals surface area contributed by atoms with Crippen molar-refractivity contribution in [2.45, 2.75) is 39.3 Å². The number of anilines is 1. The second-order valence-electron chi connectivity index (χ2n) is 6.71. The predicted molar refractivity (Wildman–Crippen MR) is 119 cm³/mol. The van der Waals surface area contributed by atoms with Crippen molar-refractivity contribution in [2.75, 3.05) is 18.5 Å². The van der Waals surface area contributed by atoms with Crippen LogP contribution in [0, 0.1) is 0 Å². The van der Waals surface area contributed by atoms with Crippen LogP contribution in [0.1, 0.15) is 31.6 Å². The van der Waals surface area contributed by atoms with Crippen LogP contribution in [0.15, 0.2) is 41.8 Å². The van der Waals surface area contributed by atoms with Gasteiger partial charge in [-0.05, 0) is 61.3 Å². The van der Waals surface area contributed by atoms with E-state index in [0.717, 1.165) is 17.0 Å². The highest BCUT2D eigenvalue weighted by Crippen LogP contribution is 2.25. The van der Waals surface area contributed by atoms with E-state index in [0.29, 0.717) is 30.5 Å². The predicted octanol–water partition coefficient (Wildman–Crippen LogP) is 3.88. The maximum absolute atomic E-state index is 12.8. The number of rotatable bonds is 9. The molecule has 2 amide bonds. The van der Waals surface area contributed by atoms with Crippen molar-refractivity contribution in [2.24, 2.45) is 0 Å². The summed E-state index contributed by atoms with van der Waals surface area (Å²) in [6, 6.07) is 10.6. The number of hydrogen-bond donors (Lipinski definition) is 1. The number of nitrogens with zero attached hydrogens (tertiary/aromatic N) is 2. The summed E-state index contributed by atoms with van der Waals surface area (Å²) in [5.74, 6) is 0.428. The Labute approximate surface area is 180 Å². The van der Waals surface area contributed by atoms with E-state index in [1.54, 1.807) is 28.4 Å². The molecule has 1 atom stereocenters. The van der Waals surface area contributed by atoms with E-state index in [1.165, 1.54) is 0 Å². The van der Waals surface area contributed by atoms with E-state index in [-0.39, 0.29) is 18.2 Å². The lowest BCUT2D eigenvalue weighted by molar-refractivity contribution is -0.130. The van der Waals surface area contributed by atoms with Gasteiger partial charge in [0, 0.05) is 17.1 Å². The highest BCUT2D eigenvalue weighted by atomic mass is 32.1. The Morgan fingerprint density at radius 1 is 1.24 bits per heavy atom. The minimum absolute atomic E-state index is 0.0505. The number of carbonyl (C=O) groups excluding carboxylic acids is 2. The number of likely N-dealkylation sites (N-methyl/N-ethyl adjacent to an activating group) is 1. The zero-order valence-corrected chi connectivity index (χ0v) is 18.2. The summed E-state index contributed by atoms with van der Waals surface area (Å²) in [7, 11) is 0. The van der Waals surface area contributed by atoms with Gasteiger partial charge in [-0.2, -0.15) is 0 Å². The van der Waals surface area contributed by atoms with Gasteiger partial charge >= 0.3 is 0 Å². The summed E-state index contributed by atoms with van der Waals surface area (Å²) >= 11 is 7.12. The molecule has 0 aliphatic carbocycles. The van der Waals surface area contributed by atoms with Crippen LogP contribution in [0.2, 0.25) is 0 Å². The molecule has 0 spiro atoms. The third-order valence-electron chi connectivity index (χ3n) is 4.62. The lowest BCUT2D eigenvalue weighted by Gasteiger charge is -2.23. The van der Waals surface area contributed by atoms with Crippen molar-refractivity contribution in [1.29, 1.82) is 0 Å². The van der Waals surface area contributed by atoms with Crippen molar-refractivity contribution in [3.05, 3.63) is 46.7 Å². The van der Waals surface area contributed by atoms with Gasteiger partial charge < -0.3 is 15.0 Å². The molecule has 2 aromatic rings. The molecule has 1 aliphatic rings. The van der Waals surface area contributed by atoms with Crippen LogP contribution in [0.4, 0.5) is 5.69 Å². The molecule has 2 heterocycles. The zero-order chi connectivity index (χ0) is 20.8. The van der Waals surface area contributed by atoms with Gasteiger partial charge in [0.05, 0.1) is 19.6 Å². The normalized spacial score (nSPS) is 16.4. The highest BCUT2D eigenvalue weighted by molar-refractivity contribution is 7.80. The number of ether oxygens (including phenoxy) is 1. The molecule has 1 N–H and O–H groups in total. The minimum atomic E-state index is -0.586. The monoisotopic (exact) mass is 431 g/mol. The fourth-order valence-corrected chi connectivity index (χ4v) is 4.29. The van der Waals surface area contributed by atoms with Crippen molar-refractivity contribution in [3.63, 3.8) is 0 Å². The summed E-state index contributed by atoms with van der Waals surface area (Å²) in [5.41, 5.74) is 0.670. The molecule has 29 heavy (non-hydrogen) atoms. The minimum Gasteiger partial charge on any atom is -0.494 e. The van der Waals surface area contributed by atoms with Crippen LogP contribution in [-0.2, 0) is 16.1 Å². The lowest BCUT2D eigenvalue weighted by Crippen LogP contribution is -2.37. The van der Waals surface area contributed by atoms with Crippen LogP contribution in [0.5, 0.6) is 5.75 Å². The number of hydrogen-bond acceptors (Lipinski definition) is 5. The van der Waals surface area contributed by atoms with Crippen LogP contribution >= 0.6 is 23.6 Å². The summed E-state index contributed by atoms with van der Waals surface area (Å²) in [6.07, 6.45) is 0.988. The average molecular weight is 432 g/mol. The van der Waals surface area contributed by atoms with Gasteiger partial charge in [0.2, 0.25) is 5.91 Å².